The molecule has 504 valence electrons. The van der Waals surface area contributed by atoms with E-state index >= 15 is 0 Å². The molecule has 0 amide bonds. The summed E-state index contributed by atoms with van der Waals surface area (Å²) in [4.78, 5) is 52.8. The summed E-state index contributed by atoms with van der Waals surface area (Å²) in [7, 11) is 0. The van der Waals surface area contributed by atoms with Gasteiger partial charge in [-0.25, -0.2) is 39.9 Å². The summed E-state index contributed by atoms with van der Waals surface area (Å²) < 4.78 is 34.6. The normalized spacial score (nSPS) is 14.5. The van der Waals surface area contributed by atoms with Crippen molar-refractivity contribution >= 4 is 108 Å². The van der Waals surface area contributed by atoms with Crippen LogP contribution in [0.3, 0.4) is 0 Å². The molecule has 2 atom stereocenters. The van der Waals surface area contributed by atoms with E-state index in [0.717, 1.165) is 119 Å². The van der Waals surface area contributed by atoms with Crippen LogP contribution in [0, 0.1) is 27.7 Å². The maximum atomic E-state index is 9.13. The molecule has 15 rings (SSSR count). The number of pyridine rings is 3. The van der Waals surface area contributed by atoms with Crippen molar-refractivity contribution in [3.8, 4) is 34.5 Å². The van der Waals surface area contributed by atoms with Crippen LogP contribution >= 0.6 is 23.2 Å². The first-order valence-electron chi connectivity index (χ1n) is 32.4. The van der Waals surface area contributed by atoms with E-state index in [-0.39, 0.29) is 18.7 Å². The van der Waals surface area contributed by atoms with Crippen LogP contribution in [0.5, 0.6) is 34.5 Å². The summed E-state index contributed by atoms with van der Waals surface area (Å²) in [6.07, 6.45) is 12.2. The van der Waals surface area contributed by atoms with Crippen molar-refractivity contribution in [3.63, 3.8) is 0 Å². The lowest BCUT2D eigenvalue weighted by Gasteiger charge is -2.13. The van der Waals surface area contributed by atoms with Gasteiger partial charge < -0.3 is 49.5 Å². The molecule has 6 aromatic heterocycles. The molecule has 100 heavy (non-hydrogen) atoms. The molecular weight excluding hydrogens is 1310 g/mol. The van der Waals surface area contributed by atoms with Crippen molar-refractivity contribution in [1.82, 2.24) is 44.9 Å². The third kappa shape index (κ3) is 17.4. The highest BCUT2D eigenvalue weighted by Crippen LogP contribution is 2.37. The molecule has 12 aromatic rings. The Morgan fingerprint density at radius 1 is 0.450 bits per heavy atom. The molecule has 24 heteroatoms. The molecule has 0 spiro atoms. The zero-order valence-corrected chi connectivity index (χ0v) is 56.9. The highest BCUT2D eigenvalue weighted by atomic mass is 35.5. The standard InChI is InChI=1S/C27H27N5O3.C25H22ClN5O2.C24H20ClN5O2/c1-17-11-20(5-8-25(17)35-22-6-3-18(2)28-14-22)32-27-23-12-19(4-7-24(23)29-16-30-27)13-26-31-21(9-10-33)15-34-26;1-15-3-6-19(12-27-15)33-23-8-5-18(11-21(23)26)31-25-20-9-17(4-7-22(20)28-14-29-25)10-24-30-16(2)13-32-24;1-15-2-5-18(13-27-15)32-22-7-4-17(12-20(22)25)30-24-19-10-16(11-23-26-8-9-31-23)3-6-21(19)28-14-29-24/h3-8,11-12,14,16,21,33H,9-10,13,15H2,1-2H3,(H,29,30,32);3-9,11-12,14,16H,10,13H2,1-2H3,(H,28,29,31);2-7,10,12-14H,8-9,11H2,1H3,(H,28,29,30). The van der Waals surface area contributed by atoms with Crippen molar-refractivity contribution in [2.24, 2.45) is 15.0 Å². The summed E-state index contributed by atoms with van der Waals surface area (Å²) in [5.41, 5.74) is 12.0. The van der Waals surface area contributed by atoms with E-state index in [1.807, 2.05) is 150 Å². The summed E-state index contributed by atoms with van der Waals surface area (Å²) in [5.74, 6) is 8.16. The Balaban J connectivity index is 0.000000135. The molecule has 22 nitrogen and oxygen atoms in total. The zero-order chi connectivity index (χ0) is 68.9. The van der Waals surface area contributed by atoms with Gasteiger partial charge >= 0.3 is 0 Å². The van der Waals surface area contributed by atoms with Crippen molar-refractivity contribution in [1.29, 1.82) is 0 Å². The number of nitrogens with one attached hydrogen (secondary N) is 3. The van der Waals surface area contributed by atoms with Crippen LogP contribution in [0.2, 0.25) is 10.0 Å². The number of aryl methyl sites for hydroxylation is 4. The molecule has 6 aromatic carbocycles. The quantitative estimate of drug-likeness (QED) is 0.0552. The fraction of sp³-hybridized carbons (Fsp3) is 0.211. The number of nitrogens with zero attached hydrogens (tertiary/aromatic N) is 12. The predicted octanol–water partition coefficient (Wildman–Crippen LogP) is 16.3. The van der Waals surface area contributed by atoms with E-state index in [2.05, 4.69) is 94.0 Å². The number of rotatable bonds is 20. The number of aliphatic hydroxyl groups excluding tert-OH is 1. The maximum Gasteiger partial charge on any atom is 0.188 e. The predicted molar refractivity (Wildman–Crippen MR) is 391 cm³/mol. The van der Waals surface area contributed by atoms with Gasteiger partial charge in [-0.05, 0) is 191 Å². The molecule has 3 aliphatic heterocycles. The van der Waals surface area contributed by atoms with Gasteiger partial charge in [0.05, 0.1) is 63.8 Å². The van der Waals surface area contributed by atoms with E-state index in [1.165, 1.54) is 6.33 Å². The molecule has 0 saturated heterocycles. The lowest BCUT2D eigenvalue weighted by molar-refractivity contribution is 0.249. The highest BCUT2D eigenvalue weighted by molar-refractivity contribution is 6.32. The Hall–Kier alpha value is -11.5. The monoisotopic (exact) mass is 1370 g/mol. The average Bonchev–Trinajstić information content (AvgIpc) is 1.06. The second kappa shape index (κ2) is 31.4. The number of aliphatic hydroxyl groups is 1. The summed E-state index contributed by atoms with van der Waals surface area (Å²) >= 11 is 13.0. The summed E-state index contributed by atoms with van der Waals surface area (Å²) in [6.45, 7) is 12.5. The van der Waals surface area contributed by atoms with Crippen LogP contribution in [0.4, 0.5) is 34.5 Å². The van der Waals surface area contributed by atoms with Crippen LogP contribution in [0.1, 0.15) is 52.7 Å². The number of benzene rings is 6. The van der Waals surface area contributed by atoms with Gasteiger partial charge in [0.1, 0.15) is 90.8 Å². The minimum absolute atomic E-state index is 0.0356. The number of anilines is 6. The Morgan fingerprint density at radius 3 is 1.28 bits per heavy atom. The Labute approximate surface area is 586 Å². The van der Waals surface area contributed by atoms with Crippen LogP contribution in [-0.2, 0) is 33.5 Å². The van der Waals surface area contributed by atoms with E-state index < -0.39 is 0 Å². The van der Waals surface area contributed by atoms with Gasteiger partial charge in [-0.15, -0.1) is 0 Å². The van der Waals surface area contributed by atoms with Crippen LogP contribution in [0.15, 0.2) is 198 Å². The molecule has 4 N–H and O–H groups in total. The number of fused-ring (bicyclic) bond motifs is 3. The second-order valence-corrected chi connectivity index (χ2v) is 24.7. The molecule has 0 radical (unpaired) electrons. The van der Waals surface area contributed by atoms with Crippen molar-refractivity contribution in [2.45, 2.75) is 72.4 Å². The number of aromatic nitrogens is 9. The smallest absolute Gasteiger partial charge is 0.188 e. The third-order valence-corrected chi connectivity index (χ3v) is 16.7. The average molecular weight is 1380 g/mol. The van der Waals surface area contributed by atoms with Gasteiger partial charge in [0.15, 0.2) is 17.7 Å². The second-order valence-electron chi connectivity index (χ2n) is 23.9. The largest absolute Gasteiger partial charge is 0.479 e. The molecule has 3 aliphatic rings. The molecule has 2 unspecified atom stereocenters. The Bertz CT molecular complexity index is 5010. The van der Waals surface area contributed by atoms with E-state index in [4.69, 9.17) is 56.7 Å². The number of ether oxygens (including phenoxy) is 6. The van der Waals surface area contributed by atoms with Crippen molar-refractivity contribution < 1.29 is 33.5 Å². The molecule has 0 aliphatic carbocycles. The van der Waals surface area contributed by atoms with Gasteiger partial charge in [0.25, 0.3) is 0 Å². The van der Waals surface area contributed by atoms with Gasteiger partial charge in [0.2, 0.25) is 0 Å². The van der Waals surface area contributed by atoms with Crippen LogP contribution in [0.25, 0.3) is 32.7 Å². The molecular formula is C76H69Cl2N15O7. The van der Waals surface area contributed by atoms with Gasteiger partial charge in [-0.1, -0.05) is 41.4 Å². The van der Waals surface area contributed by atoms with E-state index in [9.17, 15) is 0 Å². The molecule has 0 fully saturated rings. The minimum Gasteiger partial charge on any atom is -0.479 e. The third-order valence-electron chi connectivity index (χ3n) is 16.1. The number of aliphatic imine (C=N–C) groups is 3. The first kappa shape index (κ1) is 67.1. The number of hydrogen-bond donors (Lipinski definition) is 4. The fourth-order valence-corrected chi connectivity index (χ4v) is 11.4. The SMILES string of the molecule is Cc1ccc(Oc2ccc(Nc3ncnc4ccc(CC5=NC(C)CO5)cc34)cc2Cl)cn1.Cc1ccc(Oc2ccc(Nc3ncnc4ccc(CC5=NC(CCO)CO5)cc34)cc2C)cn1.Cc1ccc(Oc2ccc(Nc3ncnc4ccc(CC5=NCCO5)cc34)cc2Cl)cn1. The van der Waals surface area contributed by atoms with E-state index in [0.29, 0.717) is 102 Å². The molecule has 9 heterocycles. The Morgan fingerprint density at radius 2 is 0.880 bits per heavy atom. The van der Waals surface area contributed by atoms with Crippen molar-refractivity contribution in [2.75, 3.05) is 48.9 Å². The molecule has 0 bridgehead atoms. The Kier molecular flexibility index (Phi) is 21.1. The first-order chi connectivity index (χ1) is 48.7. The number of hydrogen-bond acceptors (Lipinski definition) is 22. The summed E-state index contributed by atoms with van der Waals surface area (Å²) in [6, 6.07) is 46.8. The zero-order valence-electron chi connectivity index (χ0n) is 55.4. The van der Waals surface area contributed by atoms with Gasteiger partial charge in [-0.2, -0.15) is 0 Å². The minimum atomic E-state index is 0.0356. The molecule has 0 saturated carbocycles. The van der Waals surface area contributed by atoms with E-state index in [1.54, 1.807) is 43.4 Å². The first-order valence-corrected chi connectivity index (χ1v) is 33.2. The lowest BCUT2D eigenvalue weighted by atomic mass is 10.1. The van der Waals surface area contributed by atoms with Crippen LogP contribution < -0.4 is 30.2 Å². The van der Waals surface area contributed by atoms with Crippen LogP contribution in [-0.4, -0.2) is 113 Å². The number of halogens is 2. The van der Waals surface area contributed by atoms with Gasteiger partial charge in [-0.3, -0.25) is 19.9 Å². The van der Waals surface area contributed by atoms with Gasteiger partial charge in [0, 0.05) is 76.2 Å². The fourth-order valence-electron chi connectivity index (χ4n) is 10.9. The topological polar surface area (TPSA) is 265 Å². The van der Waals surface area contributed by atoms with Crippen molar-refractivity contribution in [3.05, 3.63) is 233 Å². The summed E-state index contributed by atoms with van der Waals surface area (Å²) in [5, 5.41) is 22.9. The maximum absolute atomic E-state index is 9.13. The lowest BCUT2D eigenvalue weighted by Crippen LogP contribution is -2.08. The highest BCUT2D eigenvalue weighted by Gasteiger charge is 2.21.